The molecule has 0 radical (unpaired) electrons. The normalized spacial score (nSPS) is 34.2. The first kappa shape index (κ1) is 19.7. The molecule has 1 spiro atoms. The molecule has 5 atom stereocenters. The van der Waals surface area contributed by atoms with E-state index in [1.807, 2.05) is 18.5 Å². The van der Waals surface area contributed by atoms with Gasteiger partial charge in [-0.05, 0) is 86.8 Å². The predicted molar refractivity (Wildman–Crippen MR) is 124 cm³/mol. The minimum Gasteiger partial charge on any atom is -0.389 e. The first-order valence-electron chi connectivity index (χ1n) is 12.3. The number of rotatable bonds is 3. The Balaban J connectivity index is 1.36. The van der Waals surface area contributed by atoms with Crippen molar-refractivity contribution in [1.82, 2.24) is 24.1 Å². The van der Waals surface area contributed by atoms with E-state index in [0.29, 0.717) is 28.9 Å². The average Bonchev–Trinajstić information content (AvgIpc) is 3.55. The zero-order chi connectivity index (χ0) is 23.6. The van der Waals surface area contributed by atoms with Crippen LogP contribution in [0.2, 0.25) is 0 Å². The molecule has 8 rings (SSSR count). The standard InChI is InChI=1S/C27H23FN6O/c28-19-3-1-17(2-4-19)23-24(21-5-6-22-30-13-20(12-29)34(22)32-21)33(15-31-23)25-7-16-8-26(14-25)18(10-25)11-27(26,35)9-16/h1-6,13,15-16,18,35H,7-11,14H2. The van der Waals surface area contributed by atoms with Crippen LogP contribution in [0.4, 0.5) is 4.39 Å². The van der Waals surface area contributed by atoms with Crippen molar-refractivity contribution in [1.29, 1.82) is 5.26 Å². The molecule has 0 amide bonds. The summed E-state index contributed by atoms with van der Waals surface area (Å²) in [6.45, 7) is 0. The fraction of sp³-hybridized carbons (Fsp3) is 0.407. The Bertz CT molecular complexity index is 1580. The Morgan fingerprint density at radius 1 is 1.03 bits per heavy atom. The first-order valence-corrected chi connectivity index (χ1v) is 12.3. The summed E-state index contributed by atoms with van der Waals surface area (Å²) in [7, 11) is 0. The van der Waals surface area contributed by atoms with Crippen LogP contribution >= 0.6 is 0 Å². The third kappa shape index (κ3) is 2.30. The number of aromatic nitrogens is 5. The molecule has 4 fully saturated rings. The minimum absolute atomic E-state index is 0.0310. The minimum atomic E-state index is -0.503. The maximum atomic E-state index is 13.7. The van der Waals surface area contributed by atoms with Crippen LogP contribution in [0.1, 0.15) is 44.2 Å². The van der Waals surface area contributed by atoms with Gasteiger partial charge >= 0.3 is 0 Å². The van der Waals surface area contributed by atoms with Crippen molar-refractivity contribution in [3.63, 3.8) is 0 Å². The fourth-order valence-electron chi connectivity index (χ4n) is 8.50. The molecule has 7 nitrogen and oxygen atoms in total. The maximum Gasteiger partial charge on any atom is 0.162 e. The van der Waals surface area contributed by atoms with Crippen molar-refractivity contribution < 1.29 is 9.50 Å². The van der Waals surface area contributed by atoms with E-state index in [1.165, 1.54) is 18.3 Å². The second kappa shape index (κ2) is 6.16. The van der Waals surface area contributed by atoms with Crippen LogP contribution in [0.15, 0.2) is 48.9 Å². The molecular weight excluding hydrogens is 443 g/mol. The number of halogens is 1. The van der Waals surface area contributed by atoms with Gasteiger partial charge in [-0.25, -0.2) is 18.9 Å². The van der Waals surface area contributed by atoms with Crippen LogP contribution in [0.3, 0.4) is 0 Å². The van der Waals surface area contributed by atoms with Gasteiger partial charge in [0.15, 0.2) is 11.3 Å². The van der Waals surface area contributed by atoms with Gasteiger partial charge in [0.25, 0.3) is 0 Å². The Hall–Kier alpha value is -3.57. The Morgan fingerprint density at radius 2 is 1.89 bits per heavy atom. The molecule has 4 saturated carbocycles. The third-order valence-corrected chi connectivity index (χ3v) is 9.63. The Morgan fingerprint density at radius 3 is 2.71 bits per heavy atom. The molecule has 8 heteroatoms. The molecule has 0 saturated heterocycles. The number of hydrogen-bond donors (Lipinski definition) is 1. The number of fused-ring (bicyclic) bond motifs is 3. The molecule has 3 heterocycles. The summed E-state index contributed by atoms with van der Waals surface area (Å²) in [4.78, 5) is 9.15. The van der Waals surface area contributed by atoms with Gasteiger partial charge in [0, 0.05) is 16.5 Å². The summed E-state index contributed by atoms with van der Waals surface area (Å²) in [5.74, 6) is 0.762. The molecule has 4 aliphatic carbocycles. The van der Waals surface area contributed by atoms with Gasteiger partial charge in [0.05, 0.1) is 29.5 Å². The van der Waals surface area contributed by atoms with Gasteiger partial charge in [0.1, 0.15) is 17.6 Å². The van der Waals surface area contributed by atoms with Crippen molar-refractivity contribution in [2.24, 2.45) is 17.3 Å². The Kier molecular flexibility index (Phi) is 3.47. The number of aliphatic hydroxyl groups is 1. The number of imidazole rings is 2. The summed E-state index contributed by atoms with van der Waals surface area (Å²) in [5, 5.41) is 25.8. The highest BCUT2D eigenvalue weighted by Gasteiger charge is 2.78. The largest absolute Gasteiger partial charge is 0.389 e. The van der Waals surface area contributed by atoms with E-state index in [-0.39, 0.29) is 16.8 Å². The molecule has 3 bridgehead atoms. The second-order valence-corrected chi connectivity index (χ2v) is 11.2. The molecule has 1 aromatic carbocycles. The Labute approximate surface area is 200 Å². The lowest BCUT2D eigenvalue weighted by Gasteiger charge is -2.55. The summed E-state index contributed by atoms with van der Waals surface area (Å²) < 4.78 is 17.6. The maximum absolute atomic E-state index is 13.7. The van der Waals surface area contributed by atoms with E-state index in [1.54, 1.807) is 16.6 Å². The highest BCUT2D eigenvalue weighted by atomic mass is 19.1. The summed E-state index contributed by atoms with van der Waals surface area (Å²) in [5.41, 5.74) is 3.51. The van der Waals surface area contributed by atoms with Gasteiger partial charge in [-0.2, -0.15) is 10.4 Å². The quantitative estimate of drug-likeness (QED) is 0.486. The molecule has 35 heavy (non-hydrogen) atoms. The number of nitriles is 1. The third-order valence-electron chi connectivity index (χ3n) is 9.63. The monoisotopic (exact) mass is 466 g/mol. The molecule has 174 valence electrons. The van der Waals surface area contributed by atoms with Crippen molar-refractivity contribution in [3.8, 4) is 28.7 Å². The number of benzene rings is 1. The van der Waals surface area contributed by atoms with Crippen LogP contribution < -0.4 is 0 Å². The zero-order valence-electron chi connectivity index (χ0n) is 19.0. The van der Waals surface area contributed by atoms with E-state index >= 15 is 0 Å². The second-order valence-electron chi connectivity index (χ2n) is 11.2. The molecule has 4 aliphatic rings. The predicted octanol–water partition coefficient (Wildman–Crippen LogP) is 4.31. The molecular formula is C27H23FN6O. The topological polar surface area (TPSA) is 92.0 Å². The van der Waals surface area contributed by atoms with E-state index in [2.05, 4.69) is 15.6 Å². The van der Waals surface area contributed by atoms with E-state index in [0.717, 1.165) is 55.5 Å². The lowest BCUT2D eigenvalue weighted by Crippen LogP contribution is -2.57. The van der Waals surface area contributed by atoms with Crippen LogP contribution in [-0.2, 0) is 5.54 Å². The van der Waals surface area contributed by atoms with Crippen molar-refractivity contribution >= 4 is 5.65 Å². The molecule has 1 N–H and O–H groups in total. The average molecular weight is 467 g/mol. The fourth-order valence-corrected chi connectivity index (χ4v) is 8.50. The lowest BCUT2D eigenvalue weighted by molar-refractivity contribution is -0.177. The van der Waals surface area contributed by atoms with E-state index < -0.39 is 5.60 Å². The smallest absolute Gasteiger partial charge is 0.162 e. The zero-order valence-corrected chi connectivity index (χ0v) is 19.0. The summed E-state index contributed by atoms with van der Waals surface area (Å²) in [6.07, 6.45) is 9.41. The molecule has 4 aromatic rings. The number of hydrogen-bond acceptors (Lipinski definition) is 5. The molecule has 5 unspecified atom stereocenters. The van der Waals surface area contributed by atoms with Crippen molar-refractivity contribution in [3.05, 3.63) is 60.4 Å². The van der Waals surface area contributed by atoms with Gasteiger partial charge in [0.2, 0.25) is 0 Å². The molecule has 0 aliphatic heterocycles. The van der Waals surface area contributed by atoms with E-state index in [9.17, 15) is 14.8 Å². The number of nitrogens with zero attached hydrogens (tertiary/aromatic N) is 6. The van der Waals surface area contributed by atoms with Gasteiger partial charge in [-0.1, -0.05) is 0 Å². The van der Waals surface area contributed by atoms with Crippen molar-refractivity contribution in [2.75, 3.05) is 0 Å². The van der Waals surface area contributed by atoms with Gasteiger partial charge < -0.3 is 9.67 Å². The summed E-state index contributed by atoms with van der Waals surface area (Å²) >= 11 is 0. The molecule has 3 aromatic heterocycles. The summed E-state index contributed by atoms with van der Waals surface area (Å²) in [6, 6.07) is 12.4. The van der Waals surface area contributed by atoms with Crippen LogP contribution in [0.25, 0.3) is 28.3 Å². The van der Waals surface area contributed by atoms with E-state index in [4.69, 9.17) is 10.1 Å². The highest BCUT2D eigenvalue weighted by Crippen LogP contribution is 2.79. The van der Waals surface area contributed by atoms with Crippen LogP contribution in [-0.4, -0.2) is 34.9 Å². The SMILES string of the molecule is N#Cc1cnc2ccc(-c3c(-c4ccc(F)cc4)ncn3C34CC5CC6(O)CC(C3)C6(C5)C4)nn12. The van der Waals surface area contributed by atoms with Gasteiger partial charge in [-0.15, -0.1) is 0 Å². The lowest BCUT2D eigenvalue weighted by atomic mass is 9.53. The highest BCUT2D eigenvalue weighted by molar-refractivity contribution is 5.77. The van der Waals surface area contributed by atoms with Crippen LogP contribution in [0, 0.1) is 34.4 Å². The van der Waals surface area contributed by atoms with Crippen LogP contribution in [0.5, 0.6) is 0 Å². The first-order chi connectivity index (χ1) is 16.9. The van der Waals surface area contributed by atoms with Gasteiger partial charge in [-0.3, -0.25) is 0 Å². The van der Waals surface area contributed by atoms with Crippen molar-refractivity contribution in [2.45, 2.75) is 49.7 Å².